The van der Waals surface area contributed by atoms with Crippen molar-refractivity contribution in [3.05, 3.63) is 0 Å². The Bertz CT molecular complexity index is 142. The number of cyclic esters (lactones) is 1. The van der Waals surface area contributed by atoms with Crippen molar-refractivity contribution in [3.8, 4) is 0 Å². The number of halogens is 1. The van der Waals surface area contributed by atoms with Crippen LogP contribution >= 0.6 is 15.9 Å². The Morgan fingerprint density at radius 3 is 2.44 bits per heavy atom. The van der Waals surface area contributed by atoms with Crippen LogP contribution in [0.3, 0.4) is 0 Å². The van der Waals surface area contributed by atoms with Gasteiger partial charge in [-0.05, 0) is 0 Å². The third kappa shape index (κ3) is 1.11. The van der Waals surface area contributed by atoms with E-state index < -0.39 is 0 Å². The highest BCUT2D eigenvalue weighted by Gasteiger charge is 2.41. The van der Waals surface area contributed by atoms with Crippen molar-refractivity contribution in [2.24, 2.45) is 5.41 Å². The lowest BCUT2D eigenvalue weighted by molar-refractivity contribution is -0.137. The molecule has 2 nitrogen and oxygen atoms in total. The highest BCUT2D eigenvalue weighted by molar-refractivity contribution is 9.10. The third-order valence-corrected chi connectivity index (χ3v) is 3.09. The van der Waals surface area contributed by atoms with Gasteiger partial charge in [0, 0.05) is 5.41 Å². The molecular formula is C6H9BrO2. The first-order valence-corrected chi connectivity index (χ1v) is 3.76. The molecule has 0 aromatic carbocycles. The molecule has 0 aromatic heterocycles. The predicted molar refractivity (Wildman–Crippen MR) is 37.5 cm³/mol. The summed E-state index contributed by atoms with van der Waals surface area (Å²) in [6, 6.07) is 0. The fraction of sp³-hybridized carbons (Fsp3) is 0.833. The summed E-state index contributed by atoms with van der Waals surface area (Å²) in [5, 5.41) is 0. The number of carbonyl (C=O) groups is 1. The van der Waals surface area contributed by atoms with Crippen molar-refractivity contribution < 1.29 is 9.53 Å². The molecule has 1 atom stereocenters. The number of esters is 1. The Morgan fingerprint density at radius 1 is 1.78 bits per heavy atom. The van der Waals surface area contributed by atoms with Gasteiger partial charge in [0.25, 0.3) is 0 Å². The second kappa shape index (κ2) is 1.97. The molecule has 0 N–H and O–H groups in total. The average molecular weight is 193 g/mol. The fourth-order valence-corrected chi connectivity index (χ4v) is 0.987. The van der Waals surface area contributed by atoms with Gasteiger partial charge in [0.05, 0.1) is 6.61 Å². The minimum absolute atomic E-state index is 0.0307. The Morgan fingerprint density at radius 2 is 2.33 bits per heavy atom. The van der Waals surface area contributed by atoms with Gasteiger partial charge >= 0.3 is 5.97 Å². The highest BCUT2D eigenvalue weighted by atomic mass is 79.9. The molecule has 1 saturated heterocycles. The second-order valence-corrected chi connectivity index (χ2v) is 3.87. The van der Waals surface area contributed by atoms with E-state index in [1.165, 1.54) is 0 Å². The van der Waals surface area contributed by atoms with E-state index in [9.17, 15) is 4.79 Å². The van der Waals surface area contributed by atoms with Crippen LogP contribution in [0.2, 0.25) is 0 Å². The van der Waals surface area contributed by atoms with Gasteiger partial charge in [0.15, 0.2) is 0 Å². The Balaban J connectivity index is 2.73. The van der Waals surface area contributed by atoms with Crippen molar-refractivity contribution in [1.82, 2.24) is 0 Å². The van der Waals surface area contributed by atoms with Gasteiger partial charge in [0.1, 0.15) is 4.83 Å². The highest BCUT2D eigenvalue weighted by Crippen LogP contribution is 2.33. The largest absolute Gasteiger partial charge is 0.464 e. The summed E-state index contributed by atoms with van der Waals surface area (Å²) >= 11 is 3.25. The maximum Gasteiger partial charge on any atom is 0.320 e. The molecule has 0 amide bonds. The molecule has 52 valence electrons. The fourth-order valence-electron chi connectivity index (χ4n) is 0.722. The van der Waals surface area contributed by atoms with Crippen LogP contribution in [0.5, 0.6) is 0 Å². The predicted octanol–water partition coefficient (Wildman–Crippen LogP) is 1.33. The van der Waals surface area contributed by atoms with Crippen LogP contribution < -0.4 is 0 Å². The normalized spacial score (nSPS) is 32.3. The topological polar surface area (TPSA) is 26.3 Å². The molecular weight excluding hydrogens is 184 g/mol. The van der Waals surface area contributed by atoms with Crippen LogP contribution in [0.25, 0.3) is 0 Å². The zero-order chi connectivity index (χ0) is 7.07. The van der Waals surface area contributed by atoms with Gasteiger partial charge in [0.2, 0.25) is 0 Å². The lowest BCUT2D eigenvalue weighted by atomic mass is 9.93. The zero-order valence-electron chi connectivity index (χ0n) is 5.48. The van der Waals surface area contributed by atoms with Crippen LogP contribution in [0, 0.1) is 5.41 Å². The standard InChI is InChI=1S/C6H9BrO2/c1-6(2)3-9-5(8)4(6)7/h4H,3H2,1-2H3/t4-/m1/s1. The van der Waals surface area contributed by atoms with Gasteiger partial charge in [-0.15, -0.1) is 0 Å². The van der Waals surface area contributed by atoms with Crippen LogP contribution in [-0.4, -0.2) is 17.4 Å². The maximum absolute atomic E-state index is 10.7. The molecule has 9 heavy (non-hydrogen) atoms. The maximum atomic E-state index is 10.7. The van der Waals surface area contributed by atoms with Crippen LogP contribution in [-0.2, 0) is 9.53 Å². The number of hydrogen-bond donors (Lipinski definition) is 0. The summed E-state index contributed by atoms with van der Waals surface area (Å²) in [4.78, 5) is 10.6. The minimum Gasteiger partial charge on any atom is -0.464 e. The molecule has 1 fully saturated rings. The number of ether oxygens (including phenoxy) is 1. The van der Waals surface area contributed by atoms with Gasteiger partial charge in [-0.1, -0.05) is 29.8 Å². The summed E-state index contributed by atoms with van der Waals surface area (Å²) in [6.07, 6.45) is 0. The summed E-state index contributed by atoms with van der Waals surface area (Å²) in [5.74, 6) is -0.139. The Labute approximate surface area is 62.7 Å². The van der Waals surface area contributed by atoms with Crippen LogP contribution in [0.1, 0.15) is 13.8 Å². The van der Waals surface area contributed by atoms with E-state index in [4.69, 9.17) is 4.74 Å². The summed E-state index contributed by atoms with van der Waals surface area (Å²) in [7, 11) is 0. The number of carbonyl (C=O) groups excluding carboxylic acids is 1. The lowest BCUT2D eigenvalue weighted by Crippen LogP contribution is -2.23. The molecule has 1 aliphatic rings. The van der Waals surface area contributed by atoms with Crippen molar-refractivity contribution in [2.75, 3.05) is 6.61 Å². The molecule has 0 unspecified atom stereocenters. The van der Waals surface area contributed by atoms with Gasteiger partial charge in [-0.3, -0.25) is 4.79 Å². The third-order valence-electron chi connectivity index (χ3n) is 1.48. The van der Waals surface area contributed by atoms with Crippen LogP contribution in [0.4, 0.5) is 0 Å². The molecule has 0 spiro atoms. The van der Waals surface area contributed by atoms with Crippen molar-refractivity contribution in [3.63, 3.8) is 0 Å². The Hall–Kier alpha value is -0.0500. The molecule has 3 heteroatoms. The molecule has 1 aliphatic heterocycles. The minimum atomic E-state index is -0.139. The van der Waals surface area contributed by atoms with Gasteiger partial charge in [-0.25, -0.2) is 0 Å². The molecule has 1 rings (SSSR count). The number of hydrogen-bond acceptors (Lipinski definition) is 2. The molecule has 1 heterocycles. The zero-order valence-corrected chi connectivity index (χ0v) is 7.06. The lowest BCUT2D eigenvalue weighted by Gasteiger charge is -2.15. The molecule has 0 bridgehead atoms. The van der Waals surface area contributed by atoms with E-state index in [2.05, 4.69) is 15.9 Å². The van der Waals surface area contributed by atoms with Crippen LogP contribution in [0.15, 0.2) is 0 Å². The molecule has 0 aromatic rings. The first kappa shape index (κ1) is 7.06. The summed E-state index contributed by atoms with van der Waals surface area (Å²) in [5.41, 5.74) is -0.0307. The van der Waals surface area contributed by atoms with E-state index in [1.54, 1.807) is 0 Å². The van der Waals surface area contributed by atoms with E-state index in [0.717, 1.165) is 0 Å². The summed E-state index contributed by atoms with van der Waals surface area (Å²) in [6.45, 7) is 4.52. The van der Waals surface area contributed by atoms with Crippen molar-refractivity contribution in [2.45, 2.75) is 18.7 Å². The van der Waals surface area contributed by atoms with E-state index in [-0.39, 0.29) is 16.2 Å². The smallest absolute Gasteiger partial charge is 0.320 e. The summed E-state index contributed by atoms with van der Waals surface area (Å²) < 4.78 is 4.79. The SMILES string of the molecule is CC1(C)COC(=O)[C@H]1Br. The van der Waals surface area contributed by atoms with Crippen molar-refractivity contribution in [1.29, 1.82) is 0 Å². The number of alkyl halides is 1. The first-order chi connectivity index (χ1) is 4.04. The van der Waals surface area contributed by atoms with Gasteiger partial charge < -0.3 is 4.74 Å². The first-order valence-electron chi connectivity index (χ1n) is 2.85. The number of rotatable bonds is 0. The van der Waals surface area contributed by atoms with Crippen molar-refractivity contribution >= 4 is 21.9 Å². The molecule has 0 aliphatic carbocycles. The Kier molecular flexibility index (Phi) is 1.55. The molecule has 0 saturated carbocycles. The van der Waals surface area contributed by atoms with Gasteiger partial charge in [-0.2, -0.15) is 0 Å². The average Bonchev–Trinajstić information content (AvgIpc) is 1.97. The quantitative estimate of drug-likeness (QED) is 0.428. The van der Waals surface area contributed by atoms with E-state index in [0.29, 0.717) is 6.61 Å². The monoisotopic (exact) mass is 192 g/mol. The molecule has 0 radical (unpaired) electrons. The van der Waals surface area contributed by atoms with E-state index in [1.807, 2.05) is 13.8 Å². The second-order valence-electron chi connectivity index (χ2n) is 2.96. The van der Waals surface area contributed by atoms with E-state index >= 15 is 0 Å².